The van der Waals surface area contributed by atoms with Gasteiger partial charge in [0.2, 0.25) is 0 Å². The smallest absolute Gasteiger partial charge is 0.335 e. The molecule has 1 saturated heterocycles. The molecule has 0 saturated carbocycles. The van der Waals surface area contributed by atoms with Crippen LogP contribution in [-0.2, 0) is 11.3 Å². The number of halogens is 1. The van der Waals surface area contributed by atoms with Crippen LogP contribution in [0.5, 0.6) is 0 Å². The first-order valence-electron chi connectivity index (χ1n) is 8.27. The number of carbonyl (C=O) groups excluding carboxylic acids is 1. The van der Waals surface area contributed by atoms with Crippen LogP contribution in [0.1, 0.15) is 26.3 Å². The highest BCUT2D eigenvalue weighted by Crippen LogP contribution is 2.25. The molecule has 26 heavy (non-hydrogen) atoms. The Labute approximate surface area is 156 Å². The summed E-state index contributed by atoms with van der Waals surface area (Å²) in [5, 5.41) is 12.4. The fraction of sp³-hybridized carbons (Fsp3) is 0.263. The molecule has 2 N–H and O–H groups in total. The van der Waals surface area contributed by atoms with Gasteiger partial charge in [-0.3, -0.25) is 4.79 Å². The molecule has 0 radical (unpaired) electrons. The van der Waals surface area contributed by atoms with Crippen LogP contribution in [-0.4, -0.2) is 43.3 Å². The van der Waals surface area contributed by atoms with E-state index in [2.05, 4.69) is 10.2 Å². The van der Waals surface area contributed by atoms with E-state index in [-0.39, 0.29) is 11.5 Å². The monoisotopic (exact) mass is 374 g/mol. The van der Waals surface area contributed by atoms with Gasteiger partial charge >= 0.3 is 5.97 Å². The summed E-state index contributed by atoms with van der Waals surface area (Å²) >= 11 is 6.12. The molecule has 1 aliphatic heterocycles. The fourth-order valence-electron chi connectivity index (χ4n) is 2.85. The number of hydrogen-bond donors (Lipinski definition) is 2. The Kier molecular flexibility index (Phi) is 5.75. The van der Waals surface area contributed by atoms with E-state index in [9.17, 15) is 9.59 Å². The van der Waals surface area contributed by atoms with Crippen molar-refractivity contribution >= 4 is 29.2 Å². The fourth-order valence-corrected chi connectivity index (χ4v) is 3.04. The van der Waals surface area contributed by atoms with Crippen molar-refractivity contribution in [2.24, 2.45) is 0 Å². The van der Waals surface area contributed by atoms with Crippen LogP contribution >= 0.6 is 11.6 Å². The third kappa shape index (κ3) is 4.33. The number of nitrogens with one attached hydrogen (secondary N) is 1. The minimum Gasteiger partial charge on any atom is -0.478 e. The molecule has 2 aromatic rings. The Morgan fingerprint density at radius 3 is 2.38 bits per heavy atom. The van der Waals surface area contributed by atoms with E-state index in [1.54, 1.807) is 0 Å². The molecule has 0 unspecified atom stereocenters. The van der Waals surface area contributed by atoms with Gasteiger partial charge in [-0.15, -0.1) is 0 Å². The first-order valence-corrected chi connectivity index (χ1v) is 8.65. The molecule has 0 aliphatic carbocycles. The molecule has 7 heteroatoms. The summed E-state index contributed by atoms with van der Waals surface area (Å²) in [6.07, 6.45) is 0. The zero-order valence-corrected chi connectivity index (χ0v) is 14.8. The molecule has 0 bridgehead atoms. The lowest BCUT2D eigenvalue weighted by Crippen LogP contribution is -2.37. The number of rotatable bonds is 5. The van der Waals surface area contributed by atoms with Crippen molar-refractivity contribution in [2.75, 3.05) is 31.2 Å². The number of anilines is 1. The van der Waals surface area contributed by atoms with Crippen molar-refractivity contribution < 1.29 is 19.4 Å². The van der Waals surface area contributed by atoms with Gasteiger partial charge in [0.05, 0.1) is 18.8 Å². The Bertz CT molecular complexity index is 802. The van der Waals surface area contributed by atoms with Gasteiger partial charge in [0.1, 0.15) is 0 Å². The van der Waals surface area contributed by atoms with Crippen molar-refractivity contribution in [1.29, 1.82) is 0 Å². The van der Waals surface area contributed by atoms with E-state index in [4.69, 9.17) is 21.4 Å². The van der Waals surface area contributed by atoms with E-state index in [0.717, 1.165) is 24.3 Å². The maximum Gasteiger partial charge on any atom is 0.335 e. The minimum absolute atomic E-state index is 0.144. The second-order valence-corrected chi connectivity index (χ2v) is 6.37. The number of carbonyl (C=O) groups is 2. The lowest BCUT2D eigenvalue weighted by atomic mass is 10.1. The summed E-state index contributed by atoms with van der Waals surface area (Å²) in [6.45, 7) is 3.25. The van der Waals surface area contributed by atoms with E-state index < -0.39 is 5.97 Å². The number of aromatic carboxylic acids is 1. The van der Waals surface area contributed by atoms with Gasteiger partial charge < -0.3 is 20.1 Å². The molecule has 1 fully saturated rings. The van der Waals surface area contributed by atoms with Crippen molar-refractivity contribution in [3.05, 3.63) is 64.2 Å². The zero-order valence-electron chi connectivity index (χ0n) is 14.1. The first kappa shape index (κ1) is 18.2. The predicted octanol–water partition coefficient (Wildman–Crippen LogP) is 2.80. The molecule has 1 aliphatic rings. The van der Waals surface area contributed by atoms with Gasteiger partial charge in [-0.2, -0.15) is 0 Å². The van der Waals surface area contributed by atoms with Crippen molar-refractivity contribution in [1.82, 2.24) is 5.32 Å². The van der Waals surface area contributed by atoms with Gasteiger partial charge in [0, 0.05) is 35.9 Å². The molecule has 1 amide bonds. The number of carboxylic acids is 1. The minimum atomic E-state index is -1.02. The number of nitrogens with zero attached hydrogens (tertiary/aromatic N) is 1. The summed E-state index contributed by atoms with van der Waals surface area (Å²) in [6, 6.07) is 11.5. The van der Waals surface area contributed by atoms with E-state index in [0.29, 0.717) is 30.3 Å². The van der Waals surface area contributed by atoms with E-state index in [1.165, 1.54) is 24.3 Å². The molecule has 3 rings (SSSR count). The Hall–Kier alpha value is -2.57. The SMILES string of the molecule is O=C(O)c1ccc(C(=O)NCc2cc(Cl)ccc2N2CCOCC2)cc1. The van der Waals surface area contributed by atoms with Gasteiger partial charge in [-0.1, -0.05) is 11.6 Å². The molecule has 1 heterocycles. The summed E-state index contributed by atoms with van der Waals surface area (Å²) in [4.78, 5) is 25.4. The van der Waals surface area contributed by atoms with Crippen molar-refractivity contribution in [2.45, 2.75) is 6.54 Å². The second kappa shape index (κ2) is 8.21. The molecule has 6 nitrogen and oxygen atoms in total. The molecule has 136 valence electrons. The van der Waals surface area contributed by atoms with Crippen LogP contribution in [0.15, 0.2) is 42.5 Å². The van der Waals surface area contributed by atoms with Crippen LogP contribution in [0.25, 0.3) is 0 Å². The van der Waals surface area contributed by atoms with Crippen LogP contribution in [0.4, 0.5) is 5.69 Å². The average Bonchev–Trinajstić information content (AvgIpc) is 2.67. The first-order chi connectivity index (χ1) is 12.5. The Balaban J connectivity index is 1.71. The van der Waals surface area contributed by atoms with Crippen LogP contribution in [0.3, 0.4) is 0 Å². The maximum absolute atomic E-state index is 12.3. The second-order valence-electron chi connectivity index (χ2n) is 5.94. The molecular weight excluding hydrogens is 356 g/mol. The van der Waals surface area contributed by atoms with Crippen molar-refractivity contribution in [3.63, 3.8) is 0 Å². The zero-order chi connectivity index (χ0) is 18.5. The summed E-state index contributed by atoms with van der Waals surface area (Å²) in [5.74, 6) is -1.29. The van der Waals surface area contributed by atoms with E-state index >= 15 is 0 Å². The van der Waals surface area contributed by atoms with Gasteiger partial charge in [-0.05, 0) is 48.0 Å². The van der Waals surface area contributed by atoms with Gasteiger partial charge in [-0.25, -0.2) is 4.79 Å². The Morgan fingerprint density at radius 2 is 1.73 bits per heavy atom. The lowest BCUT2D eigenvalue weighted by molar-refractivity contribution is 0.0696. The maximum atomic E-state index is 12.3. The number of ether oxygens (including phenoxy) is 1. The highest BCUT2D eigenvalue weighted by molar-refractivity contribution is 6.30. The van der Waals surface area contributed by atoms with Crippen LogP contribution in [0, 0.1) is 0 Å². The third-order valence-corrected chi connectivity index (χ3v) is 4.46. The quantitative estimate of drug-likeness (QED) is 0.841. The van der Waals surface area contributed by atoms with Gasteiger partial charge in [0.15, 0.2) is 0 Å². The Morgan fingerprint density at radius 1 is 1.08 bits per heavy atom. The predicted molar refractivity (Wildman–Crippen MR) is 99.1 cm³/mol. The molecule has 0 spiro atoms. The molecule has 0 atom stereocenters. The normalized spacial score (nSPS) is 14.1. The molecule has 0 aromatic heterocycles. The van der Waals surface area contributed by atoms with Crippen LogP contribution in [0.2, 0.25) is 5.02 Å². The highest BCUT2D eigenvalue weighted by Gasteiger charge is 2.16. The summed E-state index contributed by atoms with van der Waals surface area (Å²) < 4.78 is 5.39. The third-order valence-electron chi connectivity index (χ3n) is 4.23. The number of amides is 1. The largest absolute Gasteiger partial charge is 0.478 e. The molecule has 2 aromatic carbocycles. The van der Waals surface area contributed by atoms with Gasteiger partial charge in [0.25, 0.3) is 5.91 Å². The van der Waals surface area contributed by atoms with Crippen LogP contribution < -0.4 is 10.2 Å². The van der Waals surface area contributed by atoms with E-state index in [1.807, 2.05) is 18.2 Å². The summed E-state index contributed by atoms with van der Waals surface area (Å²) in [5.41, 5.74) is 2.50. The molecular formula is C19H19ClN2O4. The lowest BCUT2D eigenvalue weighted by Gasteiger charge is -2.30. The van der Waals surface area contributed by atoms with Crippen molar-refractivity contribution in [3.8, 4) is 0 Å². The number of hydrogen-bond acceptors (Lipinski definition) is 4. The summed E-state index contributed by atoms with van der Waals surface area (Å²) in [7, 11) is 0. The number of morpholine rings is 1. The standard InChI is InChI=1S/C19H19ClN2O4/c20-16-5-6-17(22-7-9-26-10-8-22)15(11-16)12-21-18(23)13-1-3-14(4-2-13)19(24)25/h1-6,11H,7-10,12H2,(H,21,23)(H,24,25). The topological polar surface area (TPSA) is 78.9 Å². The number of carboxylic acid groups (broad SMARTS) is 1. The average molecular weight is 375 g/mol. The number of benzene rings is 2. The highest BCUT2D eigenvalue weighted by atomic mass is 35.5.